The molecule has 1 atom stereocenters. The van der Waals surface area contributed by atoms with E-state index in [4.69, 9.17) is 11.6 Å². The summed E-state index contributed by atoms with van der Waals surface area (Å²) >= 11 is 5.83. The molecule has 1 saturated heterocycles. The second-order valence-electron chi connectivity index (χ2n) is 4.56. The predicted molar refractivity (Wildman–Crippen MR) is 68.7 cm³/mol. The molecule has 94 valence electrons. The van der Waals surface area contributed by atoms with Crippen LogP contribution in [0.15, 0.2) is 18.2 Å². The van der Waals surface area contributed by atoms with Crippen LogP contribution in [-0.2, 0) is 6.54 Å². The number of hydrogen-bond donors (Lipinski definition) is 2. The maximum absolute atomic E-state index is 13.4. The summed E-state index contributed by atoms with van der Waals surface area (Å²) in [5.74, 6) is 0.580. The molecule has 2 nitrogen and oxygen atoms in total. The molecule has 1 heterocycles. The minimum atomic E-state index is -0.190. The van der Waals surface area contributed by atoms with Crippen molar-refractivity contribution in [3.63, 3.8) is 0 Å². The van der Waals surface area contributed by atoms with Gasteiger partial charge in [-0.3, -0.25) is 0 Å². The molecule has 1 fully saturated rings. The van der Waals surface area contributed by atoms with Gasteiger partial charge in [0.2, 0.25) is 0 Å². The van der Waals surface area contributed by atoms with Gasteiger partial charge in [0.05, 0.1) is 0 Å². The van der Waals surface area contributed by atoms with Crippen LogP contribution >= 0.6 is 11.6 Å². The number of rotatable bonds is 5. The molecule has 0 bridgehead atoms. The highest BCUT2D eigenvalue weighted by Gasteiger charge is 2.13. The fourth-order valence-corrected chi connectivity index (χ4v) is 2.36. The molecule has 0 amide bonds. The van der Waals surface area contributed by atoms with Crippen LogP contribution < -0.4 is 10.6 Å². The van der Waals surface area contributed by atoms with E-state index in [1.165, 1.54) is 12.5 Å². The average molecular weight is 257 g/mol. The van der Waals surface area contributed by atoms with Gasteiger partial charge in [-0.25, -0.2) is 4.39 Å². The lowest BCUT2D eigenvalue weighted by molar-refractivity contribution is 0.495. The first-order chi connectivity index (χ1) is 8.25. The van der Waals surface area contributed by atoms with Crippen molar-refractivity contribution in [3.05, 3.63) is 34.6 Å². The largest absolute Gasteiger partial charge is 0.316 e. The van der Waals surface area contributed by atoms with E-state index in [0.29, 0.717) is 17.1 Å². The van der Waals surface area contributed by atoms with Crippen molar-refractivity contribution >= 4 is 11.6 Å². The second kappa shape index (κ2) is 6.34. The van der Waals surface area contributed by atoms with E-state index in [1.54, 1.807) is 12.1 Å². The summed E-state index contributed by atoms with van der Waals surface area (Å²) in [7, 11) is 0. The van der Waals surface area contributed by atoms with E-state index >= 15 is 0 Å². The zero-order valence-electron chi connectivity index (χ0n) is 9.81. The third-order valence-electron chi connectivity index (χ3n) is 3.21. The molecule has 0 aromatic heterocycles. The van der Waals surface area contributed by atoms with Gasteiger partial charge in [-0.2, -0.15) is 0 Å². The van der Waals surface area contributed by atoms with Gasteiger partial charge in [-0.15, -0.1) is 0 Å². The Hall–Kier alpha value is -0.640. The minimum Gasteiger partial charge on any atom is -0.316 e. The third kappa shape index (κ3) is 3.95. The van der Waals surface area contributed by atoms with E-state index in [2.05, 4.69) is 10.6 Å². The van der Waals surface area contributed by atoms with Gasteiger partial charge < -0.3 is 10.6 Å². The van der Waals surface area contributed by atoms with Crippen molar-refractivity contribution in [2.24, 2.45) is 5.92 Å². The Balaban J connectivity index is 1.72. The van der Waals surface area contributed by atoms with Crippen molar-refractivity contribution < 1.29 is 4.39 Å². The fraction of sp³-hybridized carbons (Fsp3) is 0.538. The quantitative estimate of drug-likeness (QED) is 0.792. The number of halogens is 2. The molecule has 4 heteroatoms. The van der Waals surface area contributed by atoms with Crippen LogP contribution in [0.1, 0.15) is 18.4 Å². The lowest BCUT2D eigenvalue weighted by Gasteiger charge is -2.10. The molecule has 2 rings (SSSR count). The SMILES string of the molecule is Fc1ccc(Cl)cc1CNCCC1CCNC1. The van der Waals surface area contributed by atoms with E-state index in [0.717, 1.165) is 32.0 Å². The smallest absolute Gasteiger partial charge is 0.127 e. The molecule has 1 unspecified atom stereocenters. The number of hydrogen-bond acceptors (Lipinski definition) is 2. The van der Waals surface area contributed by atoms with Gasteiger partial charge in [-0.05, 0) is 56.6 Å². The minimum absolute atomic E-state index is 0.190. The van der Waals surface area contributed by atoms with Crippen LogP contribution in [0.5, 0.6) is 0 Å². The maximum Gasteiger partial charge on any atom is 0.127 e. The van der Waals surface area contributed by atoms with Crippen molar-refractivity contribution in [1.82, 2.24) is 10.6 Å². The molecule has 0 aliphatic carbocycles. The number of benzene rings is 1. The van der Waals surface area contributed by atoms with Gasteiger partial charge in [0, 0.05) is 17.1 Å². The Morgan fingerprint density at radius 2 is 2.35 bits per heavy atom. The first kappa shape index (κ1) is 12.8. The summed E-state index contributed by atoms with van der Waals surface area (Å²) in [5.41, 5.74) is 0.641. The van der Waals surface area contributed by atoms with E-state index < -0.39 is 0 Å². The summed E-state index contributed by atoms with van der Waals surface area (Å²) in [6.07, 6.45) is 2.41. The third-order valence-corrected chi connectivity index (χ3v) is 3.45. The molecule has 1 aliphatic heterocycles. The van der Waals surface area contributed by atoms with E-state index in [1.807, 2.05) is 0 Å². The van der Waals surface area contributed by atoms with Crippen LogP contribution in [0.2, 0.25) is 5.02 Å². The van der Waals surface area contributed by atoms with Crippen molar-refractivity contribution in [1.29, 1.82) is 0 Å². The highest BCUT2D eigenvalue weighted by atomic mass is 35.5. The molecular formula is C13H18ClFN2. The highest BCUT2D eigenvalue weighted by molar-refractivity contribution is 6.30. The average Bonchev–Trinajstić information content (AvgIpc) is 2.82. The van der Waals surface area contributed by atoms with Crippen molar-refractivity contribution in [3.8, 4) is 0 Å². The van der Waals surface area contributed by atoms with Gasteiger partial charge in [0.15, 0.2) is 0 Å². The van der Waals surface area contributed by atoms with Crippen molar-refractivity contribution in [2.45, 2.75) is 19.4 Å². The lowest BCUT2D eigenvalue weighted by Crippen LogP contribution is -2.19. The van der Waals surface area contributed by atoms with Crippen molar-refractivity contribution in [2.75, 3.05) is 19.6 Å². The van der Waals surface area contributed by atoms with E-state index in [9.17, 15) is 4.39 Å². The lowest BCUT2D eigenvalue weighted by atomic mass is 10.1. The summed E-state index contributed by atoms with van der Waals surface area (Å²) < 4.78 is 13.4. The van der Waals surface area contributed by atoms with Crippen LogP contribution in [-0.4, -0.2) is 19.6 Å². The Morgan fingerprint density at radius 1 is 1.47 bits per heavy atom. The molecule has 1 aromatic rings. The Bertz CT molecular complexity index is 364. The van der Waals surface area contributed by atoms with Gasteiger partial charge in [0.1, 0.15) is 5.82 Å². The topological polar surface area (TPSA) is 24.1 Å². The van der Waals surface area contributed by atoms with Gasteiger partial charge >= 0.3 is 0 Å². The zero-order valence-corrected chi connectivity index (χ0v) is 10.6. The number of nitrogens with one attached hydrogen (secondary N) is 2. The molecule has 0 saturated carbocycles. The Labute approximate surface area is 107 Å². The first-order valence-electron chi connectivity index (χ1n) is 6.11. The van der Waals surface area contributed by atoms with Gasteiger partial charge in [-0.1, -0.05) is 11.6 Å². The molecule has 1 aromatic carbocycles. The van der Waals surface area contributed by atoms with Gasteiger partial charge in [0.25, 0.3) is 0 Å². The second-order valence-corrected chi connectivity index (χ2v) is 5.00. The summed E-state index contributed by atoms with van der Waals surface area (Å²) in [6, 6.07) is 4.67. The van der Waals surface area contributed by atoms with Crippen LogP contribution in [0.4, 0.5) is 4.39 Å². The van der Waals surface area contributed by atoms with Crippen LogP contribution in [0.3, 0.4) is 0 Å². The molecule has 1 aliphatic rings. The maximum atomic E-state index is 13.4. The monoisotopic (exact) mass is 256 g/mol. The Morgan fingerprint density at radius 3 is 3.12 bits per heavy atom. The highest BCUT2D eigenvalue weighted by Crippen LogP contribution is 2.15. The normalized spacial score (nSPS) is 19.8. The molecule has 17 heavy (non-hydrogen) atoms. The summed E-state index contributed by atoms with van der Waals surface area (Å²) in [6.45, 7) is 3.73. The molecule has 0 spiro atoms. The first-order valence-corrected chi connectivity index (χ1v) is 6.49. The molecule has 2 N–H and O–H groups in total. The Kier molecular flexibility index (Phi) is 4.77. The standard InChI is InChI=1S/C13H18ClFN2/c14-12-1-2-13(15)11(7-12)9-17-6-4-10-3-5-16-8-10/h1-2,7,10,16-17H,3-6,8-9H2. The molecule has 0 radical (unpaired) electrons. The molecular weight excluding hydrogens is 239 g/mol. The predicted octanol–water partition coefficient (Wildman–Crippen LogP) is 2.57. The van der Waals surface area contributed by atoms with Crippen LogP contribution in [0.25, 0.3) is 0 Å². The van der Waals surface area contributed by atoms with Crippen LogP contribution in [0, 0.1) is 11.7 Å². The fourth-order valence-electron chi connectivity index (χ4n) is 2.17. The van der Waals surface area contributed by atoms with E-state index in [-0.39, 0.29) is 5.82 Å². The zero-order chi connectivity index (χ0) is 12.1. The summed E-state index contributed by atoms with van der Waals surface area (Å²) in [5, 5.41) is 7.20. The summed E-state index contributed by atoms with van der Waals surface area (Å²) in [4.78, 5) is 0.